The van der Waals surface area contributed by atoms with Gasteiger partial charge in [-0.15, -0.1) is 0 Å². The summed E-state index contributed by atoms with van der Waals surface area (Å²) in [7, 11) is 0. The van der Waals surface area contributed by atoms with E-state index in [0.29, 0.717) is 5.69 Å². The van der Waals surface area contributed by atoms with E-state index in [9.17, 15) is 9.59 Å². The molecule has 0 aliphatic heterocycles. The lowest BCUT2D eigenvalue weighted by Crippen LogP contribution is -2.36. The maximum absolute atomic E-state index is 12.0. The van der Waals surface area contributed by atoms with Gasteiger partial charge >= 0.3 is 12.1 Å². The maximum atomic E-state index is 12.0. The largest absolute Gasteiger partial charge is 0.466 e. The molecule has 0 aliphatic rings. The molecule has 122 valence electrons. The first kappa shape index (κ1) is 17.8. The molecule has 6 heteroatoms. The van der Waals surface area contributed by atoms with Crippen molar-refractivity contribution in [2.24, 2.45) is 0 Å². The van der Waals surface area contributed by atoms with Crippen molar-refractivity contribution in [1.29, 1.82) is 0 Å². The van der Waals surface area contributed by atoms with Crippen molar-refractivity contribution in [3.63, 3.8) is 0 Å². The zero-order chi connectivity index (χ0) is 16.8. The van der Waals surface area contributed by atoms with E-state index in [1.807, 2.05) is 0 Å². The van der Waals surface area contributed by atoms with Crippen LogP contribution in [0.4, 0.5) is 10.5 Å². The lowest BCUT2D eigenvalue weighted by atomic mass is 10.0. The van der Waals surface area contributed by atoms with Crippen LogP contribution >= 0.6 is 0 Å². The number of ether oxygens (including phenoxy) is 2. The number of nitrogens with two attached hydrogens (primary N) is 1. The van der Waals surface area contributed by atoms with E-state index < -0.39 is 23.7 Å². The van der Waals surface area contributed by atoms with Gasteiger partial charge in [-0.3, -0.25) is 4.79 Å². The minimum Gasteiger partial charge on any atom is -0.466 e. The molecule has 0 aliphatic carbocycles. The Bertz CT molecular complexity index is 523. The van der Waals surface area contributed by atoms with E-state index in [4.69, 9.17) is 15.2 Å². The summed E-state index contributed by atoms with van der Waals surface area (Å²) in [4.78, 5) is 23.7. The summed E-state index contributed by atoms with van der Waals surface area (Å²) in [5.41, 5.74) is 6.42. The molecule has 0 aromatic heterocycles. The van der Waals surface area contributed by atoms with Crippen LogP contribution in [-0.4, -0.2) is 24.3 Å². The average Bonchev–Trinajstić information content (AvgIpc) is 2.36. The van der Waals surface area contributed by atoms with Crippen LogP contribution in [0.1, 0.15) is 45.7 Å². The monoisotopic (exact) mass is 308 g/mol. The van der Waals surface area contributed by atoms with Gasteiger partial charge in [0.2, 0.25) is 0 Å². The number of carbonyl (C=O) groups is 2. The summed E-state index contributed by atoms with van der Waals surface area (Å²) >= 11 is 0. The SMILES string of the molecule is CCOC(=O)C[C@@H](NC(=O)OC(C)(C)C)c1cccc(N)c1. The van der Waals surface area contributed by atoms with Gasteiger partial charge in [0.05, 0.1) is 19.1 Å². The van der Waals surface area contributed by atoms with Gasteiger partial charge < -0.3 is 20.5 Å². The Morgan fingerprint density at radius 2 is 2.00 bits per heavy atom. The number of hydrogen-bond donors (Lipinski definition) is 2. The van der Waals surface area contributed by atoms with Gasteiger partial charge in [0, 0.05) is 5.69 Å². The van der Waals surface area contributed by atoms with E-state index in [1.54, 1.807) is 52.0 Å². The molecule has 0 saturated heterocycles. The van der Waals surface area contributed by atoms with Gasteiger partial charge in [0.25, 0.3) is 0 Å². The van der Waals surface area contributed by atoms with Crippen LogP contribution in [-0.2, 0) is 14.3 Å². The first-order chi connectivity index (χ1) is 10.2. The molecule has 1 aromatic rings. The molecule has 1 amide bonds. The molecule has 0 radical (unpaired) electrons. The third-order valence-electron chi connectivity index (χ3n) is 2.68. The predicted molar refractivity (Wildman–Crippen MR) is 84.2 cm³/mol. The topological polar surface area (TPSA) is 90.6 Å². The number of benzene rings is 1. The van der Waals surface area contributed by atoms with E-state index >= 15 is 0 Å². The van der Waals surface area contributed by atoms with Crippen molar-refractivity contribution in [3.8, 4) is 0 Å². The van der Waals surface area contributed by atoms with Crippen molar-refractivity contribution >= 4 is 17.7 Å². The Hall–Kier alpha value is -2.24. The van der Waals surface area contributed by atoms with Crippen molar-refractivity contribution in [2.75, 3.05) is 12.3 Å². The molecule has 0 saturated carbocycles. The van der Waals surface area contributed by atoms with Crippen LogP contribution in [0.3, 0.4) is 0 Å². The number of esters is 1. The molecule has 3 N–H and O–H groups in total. The summed E-state index contributed by atoms with van der Waals surface area (Å²) in [5, 5.41) is 2.69. The second-order valence-corrected chi connectivity index (χ2v) is 5.88. The van der Waals surface area contributed by atoms with Crippen LogP contribution < -0.4 is 11.1 Å². The third kappa shape index (κ3) is 6.47. The molecule has 1 atom stereocenters. The Morgan fingerprint density at radius 3 is 2.55 bits per heavy atom. The highest BCUT2D eigenvalue weighted by Gasteiger charge is 2.23. The highest BCUT2D eigenvalue weighted by atomic mass is 16.6. The molecule has 1 rings (SSSR count). The normalized spacial score (nSPS) is 12.4. The number of nitrogen functional groups attached to an aromatic ring is 1. The molecular formula is C16H24N2O4. The molecule has 0 fully saturated rings. The number of alkyl carbamates (subject to hydrolysis) is 1. The fourth-order valence-corrected chi connectivity index (χ4v) is 1.86. The first-order valence-electron chi connectivity index (χ1n) is 7.22. The quantitative estimate of drug-likeness (QED) is 0.644. The number of rotatable bonds is 5. The number of hydrogen-bond acceptors (Lipinski definition) is 5. The molecule has 0 bridgehead atoms. The number of carbonyl (C=O) groups excluding carboxylic acids is 2. The van der Waals surface area contributed by atoms with Crippen molar-refractivity contribution < 1.29 is 19.1 Å². The lowest BCUT2D eigenvalue weighted by Gasteiger charge is -2.23. The molecular weight excluding hydrogens is 284 g/mol. The van der Waals surface area contributed by atoms with Crippen LogP contribution in [0.5, 0.6) is 0 Å². The lowest BCUT2D eigenvalue weighted by molar-refractivity contribution is -0.143. The van der Waals surface area contributed by atoms with E-state index in [2.05, 4.69) is 5.32 Å². The minimum absolute atomic E-state index is 0.0105. The Kier molecular flexibility index (Phi) is 6.22. The average molecular weight is 308 g/mol. The molecule has 0 spiro atoms. The van der Waals surface area contributed by atoms with Gasteiger partial charge in [-0.2, -0.15) is 0 Å². The Balaban J connectivity index is 2.87. The maximum Gasteiger partial charge on any atom is 0.408 e. The van der Waals surface area contributed by atoms with Crippen LogP contribution in [0.15, 0.2) is 24.3 Å². The van der Waals surface area contributed by atoms with Gasteiger partial charge in [-0.1, -0.05) is 12.1 Å². The molecule has 22 heavy (non-hydrogen) atoms. The Labute approximate surface area is 131 Å². The number of amides is 1. The number of nitrogens with one attached hydrogen (secondary N) is 1. The Morgan fingerprint density at radius 1 is 1.32 bits per heavy atom. The zero-order valence-electron chi connectivity index (χ0n) is 13.5. The fourth-order valence-electron chi connectivity index (χ4n) is 1.86. The van der Waals surface area contributed by atoms with Crippen molar-refractivity contribution in [3.05, 3.63) is 29.8 Å². The minimum atomic E-state index is -0.617. The third-order valence-corrected chi connectivity index (χ3v) is 2.68. The van der Waals surface area contributed by atoms with Gasteiger partial charge in [-0.25, -0.2) is 4.79 Å². The second-order valence-electron chi connectivity index (χ2n) is 5.88. The predicted octanol–water partition coefficient (Wildman–Crippen LogP) is 2.79. The van der Waals surface area contributed by atoms with Crippen LogP contribution in [0.2, 0.25) is 0 Å². The highest BCUT2D eigenvalue weighted by Crippen LogP contribution is 2.20. The smallest absolute Gasteiger partial charge is 0.408 e. The van der Waals surface area contributed by atoms with Crippen molar-refractivity contribution in [1.82, 2.24) is 5.32 Å². The summed E-state index contributed by atoms with van der Waals surface area (Å²) in [5.74, 6) is -0.397. The standard InChI is InChI=1S/C16H24N2O4/c1-5-21-14(19)10-13(11-7-6-8-12(17)9-11)18-15(20)22-16(2,3)4/h6-9,13H,5,10,17H2,1-4H3,(H,18,20)/t13-/m1/s1. The van der Waals surface area contributed by atoms with Gasteiger partial charge in [0.1, 0.15) is 5.60 Å². The van der Waals surface area contributed by atoms with Gasteiger partial charge in [0.15, 0.2) is 0 Å². The van der Waals surface area contributed by atoms with Crippen LogP contribution in [0, 0.1) is 0 Å². The molecule has 6 nitrogen and oxygen atoms in total. The first-order valence-corrected chi connectivity index (χ1v) is 7.22. The second kappa shape index (κ2) is 7.68. The highest BCUT2D eigenvalue weighted by molar-refractivity contribution is 5.73. The number of anilines is 1. The van der Waals surface area contributed by atoms with E-state index in [0.717, 1.165) is 5.56 Å². The summed E-state index contributed by atoms with van der Waals surface area (Å²) in [6.07, 6.45) is -0.583. The molecule has 0 heterocycles. The summed E-state index contributed by atoms with van der Waals surface area (Å²) in [6.45, 7) is 7.33. The molecule has 1 aromatic carbocycles. The van der Waals surface area contributed by atoms with E-state index in [-0.39, 0.29) is 13.0 Å². The zero-order valence-corrected chi connectivity index (χ0v) is 13.5. The van der Waals surface area contributed by atoms with Crippen LogP contribution in [0.25, 0.3) is 0 Å². The van der Waals surface area contributed by atoms with Gasteiger partial charge in [-0.05, 0) is 45.4 Å². The van der Waals surface area contributed by atoms with E-state index in [1.165, 1.54) is 0 Å². The molecule has 0 unspecified atom stereocenters. The summed E-state index contributed by atoms with van der Waals surface area (Å²) in [6, 6.07) is 6.44. The van der Waals surface area contributed by atoms with Crippen molar-refractivity contribution in [2.45, 2.75) is 45.8 Å². The summed E-state index contributed by atoms with van der Waals surface area (Å²) < 4.78 is 10.2. The fraction of sp³-hybridized carbons (Fsp3) is 0.500.